The number of aromatic nitrogens is 1. The van der Waals surface area contributed by atoms with Crippen molar-refractivity contribution in [1.82, 2.24) is 9.88 Å². The van der Waals surface area contributed by atoms with Crippen molar-refractivity contribution in [2.24, 2.45) is 4.40 Å². The predicted octanol–water partition coefficient (Wildman–Crippen LogP) is 1.55. The maximum Gasteiger partial charge on any atom is 0.285 e. The second kappa shape index (κ2) is 6.89. The lowest BCUT2D eigenvalue weighted by molar-refractivity contribution is 0.0683. The van der Waals surface area contributed by atoms with Crippen LogP contribution in [0.4, 0.5) is 0 Å². The van der Waals surface area contributed by atoms with Gasteiger partial charge in [-0.3, -0.25) is 4.98 Å². The van der Waals surface area contributed by atoms with Crippen LogP contribution in [0.3, 0.4) is 0 Å². The molecule has 1 aromatic heterocycles. The molecule has 0 saturated carbocycles. The molecule has 0 amide bonds. The Morgan fingerprint density at radius 2 is 1.83 bits per heavy atom. The molecule has 2 aromatic rings. The van der Waals surface area contributed by atoms with Crippen molar-refractivity contribution in [3.63, 3.8) is 0 Å². The zero-order valence-electron chi connectivity index (χ0n) is 12.5. The third-order valence-electron chi connectivity index (χ3n) is 3.48. The zero-order valence-corrected chi connectivity index (χ0v) is 13.3. The third kappa shape index (κ3) is 3.75. The maximum absolute atomic E-state index is 12.6. The smallest absolute Gasteiger partial charge is 0.285 e. The normalized spacial score (nSPS) is 16.3. The predicted molar refractivity (Wildman–Crippen MR) is 86.8 cm³/mol. The number of pyridine rings is 1. The van der Waals surface area contributed by atoms with Gasteiger partial charge in [-0.1, -0.05) is 30.3 Å². The van der Waals surface area contributed by atoms with E-state index in [1.54, 1.807) is 6.07 Å². The fourth-order valence-corrected chi connectivity index (χ4v) is 3.32. The Hall–Kier alpha value is -2.25. The maximum atomic E-state index is 12.6. The number of sulfonamides is 1. The molecule has 0 unspecified atom stereocenters. The number of ether oxygens (including phenoxy) is 1. The van der Waals surface area contributed by atoms with Crippen molar-refractivity contribution in [3.05, 3.63) is 60.4 Å². The highest BCUT2D eigenvalue weighted by atomic mass is 32.2. The largest absolute Gasteiger partial charge is 0.378 e. The van der Waals surface area contributed by atoms with Crippen LogP contribution in [0.15, 0.2) is 64.2 Å². The lowest BCUT2D eigenvalue weighted by Gasteiger charge is -2.29. The van der Waals surface area contributed by atoms with Gasteiger partial charge in [0.25, 0.3) is 10.0 Å². The summed E-state index contributed by atoms with van der Waals surface area (Å²) in [4.78, 5) is 5.88. The Labute approximate surface area is 135 Å². The van der Waals surface area contributed by atoms with Gasteiger partial charge in [0.1, 0.15) is 10.7 Å². The number of hydrogen-bond donors (Lipinski definition) is 0. The second-order valence-corrected chi connectivity index (χ2v) is 6.65. The summed E-state index contributed by atoms with van der Waals surface area (Å²) in [5, 5.41) is 0. The van der Waals surface area contributed by atoms with Crippen LogP contribution < -0.4 is 0 Å². The summed E-state index contributed by atoms with van der Waals surface area (Å²) in [6.45, 7) is 2.32. The Bertz CT molecular complexity index is 771. The molecule has 3 rings (SSSR count). The van der Waals surface area contributed by atoms with Gasteiger partial charge < -0.3 is 9.64 Å². The number of hydrogen-bond acceptors (Lipinski definition) is 4. The van der Waals surface area contributed by atoms with E-state index >= 15 is 0 Å². The fourth-order valence-electron chi connectivity index (χ4n) is 2.32. The highest BCUT2D eigenvalue weighted by Gasteiger charge is 2.21. The molecule has 120 valence electrons. The molecular formula is C16H17N3O3S. The minimum absolute atomic E-state index is 0.0849. The monoisotopic (exact) mass is 331 g/mol. The van der Waals surface area contributed by atoms with Crippen LogP contribution in [-0.2, 0) is 14.8 Å². The van der Waals surface area contributed by atoms with E-state index < -0.39 is 10.0 Å². The number of nitrogens with zero attached hydrogens (tertiary/aromatic N) is 3. The summed E-state index contributed by atoms with van der Waals surface area (Å²) in [5.41, 5.74) is 0.766. The number of rotatable bonds is 3. The third-order valence-corrected chi connectivity index (χ3v) is 4.73. The molecule has 0 bridgehead atoms. The van der Waals surface area contributed by atoms with Gasteiger partial charge in [0.2, 0.25) is 0 Å². The summed E-state index contributed by atoms with van der Waals surface area (Å²) in [7, 11) is -3.81. The van der Waals surface area contributed by atoms with Crippen molar-refractivity contribution >= 4 is 15.9 Å². The van der Waals surface area contributed by atoms with E-state index in [9.17, 15) is 8.42 Å². The molecule has 0 N–H and O–H groups in total. The minimum atomic E-state index is -3.81. The van der Waals surface area contributed by atoms with Crippen molar-refractivity contribution in [2.45, 2.75) is 4.90 Å². The first-order valence-electron chi connectivity index (χ1n) is 7.30. The molecule has 6 nitrogen and oxygen atoms in total. The van der Waals surface area contributed by atoms with Crippen LogP contribution in [0, 0.1) is 0 Å². The van der Waals surface area contributed by atoms with Crippen LogP contribution in [0.5, 0.6) is 0 Å². The Morgan fingerprint density at radius 1 is 1.09 bits per heavy atom. The van der Waals surface area contributed by atoms with Gasteiger partial charge in [-0.25, -0.2) is 0 Å². The van der Waals surface area contributed by atoms with Crippen molar-refractivity contribution in [3.8, 4) is 0 Å². The molecule has 23 heavy (non-hydrogen) atoms. The van der Waals surface area contributed by atoms with E-state index in [0.29, 0.717) is 32.1 Å². The summed E-state index contributed by atoms with van der Waals surface area (Å²) >= 11 is 0. The lowest BCUT2D eigenvalue weighted by Crippen LogP contribution is -2.41. The summed E-state index contributed by atoms with van der Waals surface area (Å²) in [6.07, 6.45) is 2.84. The van der Waals surface area contributed by atoms with Gasteiger partial charge in [0, 0.05) is 31.0 Å². The van der Waals surface area contributed by atoms with E-state index in [2.05, 4.69) is 9.38 Å². The van der Waals surface area contributed by atoms with Crippen molar-refractivity contribution in [2.75, 3.05) is 26.3 Å². The van der Waals surface area contributed by atoms with Gasteiger partial charge in [-0.05, 0) is 12.1 Å². The summed E-state index contributed by atoms with van der Waals surface area (Å²) in [6, 6.07) is 12.4. The average Bonchev–Trinajstić information content (AvgIpc) is 2.62. The highest BCUT2D eigenvalue weighted by Crippen LogP contribution is 2.15. The van der Waals surface area contributed by atoms with E-state index in [-0.39, 0.29) is 4.90 Å². The molecule has 2 heterocycles. The molecule has 0 spiro atoms. The Kier molecular flexibility index (Phi) is 4.68. The van der Waals surface area contributed by atoms with E-state index in [0.717, 1.165) is 5.56 Å². The lowest BCUT2D eigenvalue weighted by atomic mass is 10.2. The molecule has 1 fully saturated rings. The van der Waals surface area contributed by atoms with Gasteiger partial charge in [0.15, 0.2) is 0 Å². The van der Waals surface area contributed by atoms with Gasteiger partial charge in [0.05, 0.1) is 13.2 Å². The standard InChI is InChI=1S/C16H17N3O3S/c20-23(21,15-7-4-8-17-13-15)18-16(14-5-2-1-3-6-14)19-9-11-22-12-10-19/h1-8,13H,9-12H2. The molecule has 0 aliphatic carbocycles. The Morgan fingerprint density at radius 3 is 2.48 bits per heavy atom. The Balaban J connectivity index is 2.04. The first kappa shape index (κ1) is 15.6. The van der Waals surface area contributed by atoms with Crippen LogP contribution in [-0.4, -0.2) is 50.4 Å². The van der Waals surface area contributed by atoms with Gasteiger partial charge in [-0.2, -0.15) is 8.42 Å². The molecule has 0 atom stereocenters. The topological polar surface area (TPSA) is 71.9 Å². The number of benzene rings is 1. The van der Waals surface area contributed by atoms with Crippen LogP contribution in [0.2, 0.25) is 0 Å². The first-order valence-corrected chi connectivity index (χ1v) is 8.74. The van der Waals surface area contributed by atoms with Gasteiger partial charge in [-0.15, -0.1) is 4.40 Å². The number of morpholine rings is 1. The van der Waals surface area contributed by atoms with E-state index in [1.807, 2.05) is 35.2 Å². The molecule has 1 aliphatic rings. The SMILES string of the molecule is O=S(=O)(N=C(c1ccccc1)N1CCOCC1)c1cccnc1. The summed E-state index contributed by atoms with van der Waals surface area (Å²) < 4.78 is 34.6. The van der Waals surface area contributed by atoms with Crippen molar-refractivity contribution in [1.29, 1.82) is 0 Å². The molecular weight excluding hydrogens is 314 g/mol. The summed E-state index contributed by atoms with van der Waals surface area (Å²) in [5.74, 6) is 0.442. The van der Waals surface area contributed by atoms with E-state index in [4.69, 9.17) is 4.74 Å². The minimum Gasteiger partial charge on any atom is -0.378 e. The van der Waals surface area contributed by atoms with E-state index in [1.165, 1.54) is 18.5 Å². The van der Waals surface area contributed by atoms with Crippen LogP contribution in [0.1, 0.15) is 5.56 Å². The van der Waals surface area contributed by atoms with Gasteiger partial charge >= 0.3 is 0 Å². The fraction of sp³-hybridized carbons (Fsp3) is 0.250. The first-order chi connectivity index (χ1) is 11.2. The molecule has 1 saturated heterocycles. The molecule has 0 radical (unpaired) electrons. The van der Waals surface area contributed by atoms with Crippen LogP contribution >= 0.6 is 0 Å². The number of amidine groups is 1. The van der Waals surface area contributed by atoms with Crippen molar-refractivity contribution < 1.29 is 13.2 Å². The second-order valence-electron chi connectivity index (χ2n) is 5.04. The zero-order chi connectivity index (χ0) is 16.1. The highest BCUT2D eigenvalue weighted by molar-refractivity contribution is 7.90. The average molecular weight is 331 g/mol. The molecule has 1 aromatic carbocycles. The molecule has 1 aliphatic heterocycles. The molecule has 7 heteroatoms. The quantitative estimate of drug-likeness (QED) is 0.630. The van der Waals surface area contributed by atoms with Crippen LogP contribution in [0.25, 0.3) is 0 Å².